The lowest BCUT2D eigenvalue weighted by Gasteiger charge is -2.24. The maximum absolute atomic E-state index is 12.3. The summed E-state index contributed by atoms with van der Waals surface area (Å²) in [5.41, 5.74) is 0. The topological polar surface area (TPSA) is 52.6 Å². The quantitative estimate of drug-likeness (QED) is 0.826. The molecular weight excluding hydrogens is 264 g/mol. The summed E-state index contributed by atoms with van der Waals surface area (Å²) in [6.07, 6.45) is 6.45. The summed E-state index contributed by atoms with van der Waals surface area (Å²) in [6, 6.07) is 0.579. The predicted octanol–water partition coefficient (Wildman–Crippen LogP) is 1.56. The Balaban J connectivity index is 0.00000180. The lowest BCUT2D eigenvalue weighted by atomic mass is 9.85. The number of carbonyl (C=O) groups excluding carboxylic acids is 1. The monoisotopic (exact) mass is 290 g/mol. The number of nitrogens with one attached hydrogen (secondary N) is 1. The highest BCUT2D eigenvalue weighted by molar-refractivity contribution is 5.85. The van der Waals surface area contributed by atoms with Crippen LogP contribution >= 0.6 is 12.4 Å². The van der Waals surface area contributed by atoms with Gasteiger partial charge in [0.05, 0.1) is 12.1 Å². The van der Waals surface area contributed by atoms with Gasteiger partial charge in [-0.3, -0.25) is 4.79 Å². The maximum atomic E-state index is 12.3. The molecule has 4 atom stereocenters. The molecule has 0 spiro atoms. The normalized spacial score (nSPS) is 31.2. The van der Waals surface area contributed by atoms with Gasteiger partial charge in [-0.1, -0.05) is 12.8 Å². The Hall–Kier alpha value is -0.320. The molecule has 1 aliphatic carbocycles. The SMILES string of the molecule is CC(O)CCN(C)C(=O)C1CC2CCCCC2N1.Cl. The van der Waals surface area contributed by atoms with Crippen molar-refractivity contribution in [2.75, 3.05) is 13.6 Å². The van der Waals surface area contributed by atoms with Crippen LogP contribution in [0.3, 0.4) is 0 Å². The smallest absolute Gasteiger partial charge is 0.239 e. The van der Waals surface area contributed by atoms with Gasteiger partial charge in [0.2, 0.25) is 5.91 Å². The molecule has 2 aliphatic rings. The van der Waals surface area contributed by atoms with Crippen molar-refractivity contribution < 1.29 is 9.90 Å². The lowest BCUT2D eigenvalue weighted by molar-refractivity contribution is -0.132. The largest absolute Gasteiger partial charge is 0.393 e. The molecule has 4 unspecified atom stereocenters. The molecule has 2 N–H and O–H groups in total. The molecule has 1 aliphatic heterocycles. The highest BCUT2D eigenvalue weighted by Gasteiger charge is 2.38. The predicted molar refractivity (Wildman–Crippen MR) is 78.5 cm³/mol. The van der Waals surface area contributed by atoms with Crippen LogP contribution in [0.4, 0.5) is 0 Å². The molecule has 2 fully saturated rings. The van der Waals surface area contributed by atoms with E-state index < -0.39 is 0 Å². The molecule has 0 aromatic heterocycles. The molecule has 1 saturated carbocycles. The van der Waals surface area contributed by atoms with Crippen LogP contribution in [0.5, 0.6) is 0 Å². The van der Waals surface area contributed by atoms with Crippen molar-refractivity contribution in [3.8, 4) is 0 Å². The van der Waals surface area contributed by atoms with E-state index in [0.29, 0.717) is 24.9 Å². The Morgan fingerprint density at radius 3 is 2.74 bits per heavy atom. The average Bonchev–Trinajstić information content (AvgIpc) is 2.78. The number of likely N-dealkylation sites (N-methyl/N-ethyl adjacent to an activating group) is 1. The van der Waals surface area contributed by atoms with Crippen molar-refractivity contribution in [2.24, 2.45) is 5.92 Å². The van der Waals surface area contributed by atoms with E-state index in [-0.39, 0.29) is 30.5 Å². The minimum Gasteiger partial charge on any atom is -0.393 e. The minimum atomic E-state index is -0.334. The number of nitrogens with zero attached hydrogens (tertiary/aromatic N) is 1. The minimum absolute atomic E-state index is 0. The number of fused-ring (bicyclic) bond motifs is 1. The van der Waals surface area contributed by atoms with Gasteiger partial charge in [0, 0.05) is 19.6 Å². The lowest BCUT2D eigenvalue weighted by Crippen LogP contribution is -2.44. The van der Waals surface area contributed by atoms with E-state index >= 15 is 0 Å². The van der Waals surface area contributed by atoms with Gasteiger partial charge in [-0.05, 0) is 38.5 Å². The second-order valence-electron chi connectivity index (χ2n) is 6.00. The number of rotatable bonds is 4. The standard InChI is InChI=1S/C14H26N2O2.ClH/c1-10(17)7-8-16(2)14(18)13-9-11-5-3-4-6-12(11)15-13;/h10-13,15,17H,3-9H2,1-2H3;1H. The molecule has 19 heavy (non-hydrogen) atoms. The van der Waals surface area contributed by atoms with E-state index in [2.05, 4.69) is 5.32 Å². The first-order valence-corrected chi connectivity index (χ1v) is 7.27. The number of halogens is 1. The van der Waals surface area contributed by atoms with E-state index in [0.717, 1.165) is 6.42 Å². The Labute approximate surface area is 122 Å². The third kappa shape index (κ3) is 4.33. The summed E-state index contributed by atoms with van der Waals surface area (Å²) >= 11 is 0. The summed E-state index contributed by atoms with van der Waals surface area (Å²) in [5, 5.41) is 12.8. The summed E-state index contributed by atoms with van der Waals surface area (Å²) in [4.78, 5) is 14.0. The second-order valence-corrected chi connectivity index (χ2v) is 6.00. The zero-order valence-electron chi connectivity index (χ0n) is 12.0. The summed E-state index contributed by atoms with van der Waals surface area (Å²) < 4.78 is 0. The van der Waals surface area contributed by atoms with Crippen molar-refractivity contribution in [2.45, 2.75) is 63.6 Å². The van der Waals surface area contributed by atoms with Crippen LogP contribution < -0.4 is 5.32 Å². The van der Waals surface area contributed by atoms with Crippen molar-refractivity contribution in [1.82, 2.24) is 10.2 Å². The van der Waals surface area contributed by atoms with E-state index in [1.807, 2.05) is 7.05 Å². The van der Waals surface area contributed by atoms with Gasteiger partial charge >= 0.3 is 0 Å². The fraction of sp³-hybridized carbons (Fsp3) is 0.929. The number of amides is 1. The number of hydrogen-bond donors (Lipinski definition) is 2. The van der Waals surface area contributed by atoms with Gasteiger partial charge in [0.25, 0.3) is 0 Å². The molecule has 0 bridgehead atoms. The third-order valence-corrected chi connectivity index (χ3v) is 4.42. The Morgan fingerprint density at radius 1 is 1.42 bits per heavy atom. The number of carbonyl (C=O) groups is 1. The molecular formula is C14H27ClN2O2. The first kappa shape index (κ1) is 16.7. The van der Waals surface area contributed by atoms with Crippen LogP contribution in [0.25, 0.3) is 0 Å². The van der Waals surface area contributed by atoms with Crippen LogP contribution in [-0.4, -0.2) is 47.7 Å². The Kier molecular flexibility index (Phi) is 6.57. The van der Waals surface area contributed by atoms with Gasteiger partial charge in [-0.2, -0.15) is 0 Å². The van der Waals surface area contributed by atoms with Crippen LogP contribution in [-0.2, 0) is 4.79 Å². The van der Waals surface area contributed by atoms with E-state index in [1.165, 1.54) is 25.7 Å². The highest BCUT2D eigenvalue weighted by atomic mass is 35.5. The van der Waals surface area contributed by atoms with Crippen LogP contribution in [0, 0.1) is 5.92 Å². The molecule has 112 valence electrons. The van der Waals surface area contributed by atoms with Crippen molar-refractivity contribution in [3.63, 3.8) is 0 Å². The summed E-state index contributed by atoms with van der Waals surface area (Å²) in [5.74, 6) is 0.905. The third-order valence-electron chi connectivity index (χ3n) is 4.42. The fourth-order valence-electron chi connectivity index (χ4n) is 3.27. The molecule has 5 heteroatoms. The Morgan fingerprint density at radius 2 is 2.11 bits per heavy atom. The second kappa shape index (κ2) is 7.46. The van der Waals surface area contributed by atoms with Gasteiger partial charge in [0.1, 0.15) is 0 Å². The summed E-state index contributed by atoms with van der Waals surface area (Å²) in [6.45, 7) is 2.41. The molecule has 2 rings (SSSR count). The maximum Gasteiger partial charge on any atom is 0.239 e. The van der Waals surface area contributed by atoms with E-state index in [9.17, 15) is 9.90 Å². The number of aliphatic hydroxyl groups is 1. The molecule has 1 heterocycles. The zero-order chi connectivity index (χ0) is 13.1. The molecule has 0 aromatic carbocycles. The van der Waals surface area contributed by atoms with Crippen molar-refractivity contribution >= 4 is 18.3 Å². The van der Waals surface area contributed by atoms with E-state index in [4.69, 9.17) is 0 Å². The Bertz CT molecular complexity index is 285. The summed E-state index contributed by atoms with van der Waals surface area (Å²) in [7, 11) is 1.84. The van der Waals surface area contributed by atoms with Crippen LogP contribution in [0.15, 0.2) is 0 Å². The number of hydrogen-bond acceptors (Lipinski definition) is 3. The average molecular weight is 291 g/mol. The van der Waals surface area contributed by atoms with Crippen LogP contribution in [0.1, 0.15) is 45.4 Å². The zero-order valence-corrected chi connectivity index (χ0v) is 12.8. The molecule has 0 radical (unpaired) electrons. The van der Waals surface area contributed by atoms with Gasteiger partial charge < -0.3 is 15.3 Å². The van der Waals surface area contributed by atoms with Gasteiger partial charge in [0.15, 0.2) is 0 Å². The molecule has 4 nitrogen and oxygen atoms in total. The van der Waals surface area contributed by atoms with Crippen molar-refractivity contribution in [3.05, 3.63) is 0 Å². The molecule has 1 saturated heterocycles. The van der Waals surface area contributed by atoms with Crippen molar-refractivity contribution in [1.29, 1.82) is 0 Å². The van der Waals surface area contributed by atoms with E-state index in [1.54, 1.807) is 11.8 Å². The first-order chi connectivity index (χ1) is 8.58. The highest BCUT2D eigenvalue weighted by Crippen LogP contribution is 2.33. The molecule has 0 aromatic rings. The molecule has 1 amide bonds. The van der Waals surface area contributed by atoms with Crippen LogP contribution in [0.2, 0.25) is 0 Å². The van der Waals surface area contributed by atoms with Gasteiger partial charge in [-0.25, -0.2) is 0 Å². The van der Waals surface area contributed by atoms with Gasteiger partial charge in [-0.15, -0.1) is 12.4 Å². The number of aliphatic hydroxyl groups excluding tert-OH is 1. The fourth-order valence-corrected chi connectivity index (χ4v) is 3.27. The first-order valence-electron chi connectivity index (χ1n) is 7.27.